The molecule has 4 rings (SSSR count). The maximum atomic E-state index is 13.5. The quantitative estimate of drug-likeness (QED) is 0.439. The number of aliphatic hydroxyl groups excluding tert-OH is 1. The third-order valence-corrected chi connectivity index (χ3v) is 6.14. The van der Waals surface area contributed by atoms with Crippen molar-refractivity contribution in [1.29, 1.82) is 0 Å². The molecule has 0 fully saturated rings. The summed E-state index contributed by atoms with van der Waals surface area (Å²) in [6.07, 6.45) is -9.10. The van der Waals surface area contributed by atoms with Crippen LogP contribution in [0.1, 0.15) is 33.4 Å². The smallest absolute Gasteiger partial charge is 0.395 e. The van der Waals surface area contributed by atoms with E-state index < -0.39 is 35.5 Å². The molecule has 0 saturated carbocycles. The number of anilines is 1. The molecule has 1 atom stereocenters. The van der Waals surface area contributed by atoms with E-state index in [2.05, 4.69) is 5.32 Å². The average molecular weight is 465 g/mol. The van der Waals surface area contributed by atoms with Gasteiger partial charge in [0.1, 0.15) is 0 Å². The summed E-state index contributed by atoms with van der Waals surface area (Å²) in [4.78, 5) is 0. The van der Waals surface area contributed by atoms with Crippen LogP contribution in [0.25, 0.3) is 0 Å². The summed E-state index contributed by atoms with van der Waals surface area (Å²) >= 11 is 0. The van der Waals surface area contributed by atoms with Crippen LogP contribution < -0.4 is 5.32 Å². The van der Waals surface area contributed by atoms with Crippen LogP contribution in [0.3, 0.4) is 0 Å². The molecule has 1 aliphatic heterocycles. The van der Waals surface area contributed by atoms with E-state index in [4.69, 9.17) is 0 Å². The Hall–Kier alpha value is -3.00. The average Bonchev–Trinajstić information content (AvgIpc) is 3.11. The number of aliphatic hydroxyl groups is 1. The molecular formula is C25H21F6NO. The Labute approximate surface area is 186 Å². The fraction of sp³-hybridized carbons (Fsp3) is 0.280. The highest BCUT2D eigenvalue weighted by Crippen LogP contribution is 2.42. The third-order valence-electron chi connectivity index (χ3n) is 6.14. The lowest BCUT2D eigenvalue weighted by molar-refractivity contribution is -0.139. The molecule has 0 bridgehead atoms. The molecule has 8 heteroatoms. The highest BCUT2D eigenvalue weighted by Gasteiger charge is 2.42. The first kappa shape index (κ1) is 23.2. The fourth-order valence-electron chi connectivity index (χ4n) is 4.50. The first-order valence-electron chi connectivity index (χ1n) is 10.3. The van der Waals surface area contributed by atoms with Crippen LogP contribution in [0.2, 0.25) is 0 Å². The Balaban J connectivity index is 1.71. The van der Waals surface area contributed by atoms with Crippen molar-refractivity contribution in [2.75, 3.05) is 18.5 Å². The largest absolute Gasteiger partial charge is 0.416 e. The van der Waals surface area contributed by atoms with E-state index >= 15 is 0 Å². The second-order valence-corrected chi connectivity index (χ2v) is 8.34. The van der Waals surface area contributed by atoms with E-state index in [0.717, 1.165) is 12.1 Å². The molecule has 3 aromatic rings. The molecule has 0 aromatic heterocycles. The van der Waals surface area contributed by atoms with Gasteiger partial charge in [-0.15, -0.1) is 0 Å². The predicted molar refractivity (Wildman–Crippen MR) is 113 cm³/mol. The van der Waals surface area contributed by atoms with Crippen molar-refractivity contribution in [2.45, 2.75) is 30.6 Å². The summed E-state index contributed by atoms with van der Waals surface area (Å²) in [5.74, 6) is 0. The maximum absolute atomic E-state index is 13.5. The van der Waals surface area contributed by atoms with Crippen molar-refractivity contribution in [3.63, 3.8) is 0 Å². The van der Waals surface area contributed by atoms with Gasteiger partial charge >= 0.3 is 12.4 Å². The number of alkyl halides is 6. The van der Waals surface area contributed by atoms with Gasteiger partial charge < -0.3 is 10.4 Å². The summed E-state index contributed by atoms with van der Waals surface area (Å²) in [6, 6.07) is 15.6. The Morgan fingerprint density at radius 3 is 1.97 bits per heavy atom. The summed E-state index contributed by atoms with van der Waals surface area (Å²) in [5.41, 5.74) is -0.524. The van der Waals surface area contributed by atoms with E-state index in [1.165, 1.54) is 36.4 Å². The number of rotatable bonds is 5. The summed E-state index contributed by atoms with van der Waals surface area (Å²) in [5, 5.41) is 13.4. The van der Waals surface area contributed by atoms with Crippen LogP contribution in [0, 0.1) is 0 Å². The monoisotopic (exact) mass is 465 g/mol. The van der Waals surface area contributed by atoms with Gasteiger partial charge in [0.25, 0.3) is 0 Å². The second-order valence-electron chi connectivity index (χ2n) is 8.34. The zero-order valence-corrected chi connectivity index (χ0v) is 17.4. The summed E-state index contributed by atoms with van der Waals surface area (Å²) in [7, 11) is 0. The van der Waals surface area contributed by atoms with E-state index in [1.807, 2.05) is 0 Å². The maximum Gasteiger partial charge on any atom is 0.416 e. The van der Waals surface area contributed by atoms with Crippen molar-refractivity contribution in [2.24, 2.45) is 0 Å². The standard InChI is InChI=1S/C25H21F6NO/c26-24(27,28)19-7-3-1-5-17(19)11-16-9-10-22-21(12-16)23(15-33,14-32-22)13-18-6-2-4-8-20(18)25(29,30)31/h1-10,12,32-33H,11,13-15H2. The van der Waals surface area contributed by atoms with Crippen LogP contribution >= 0.6 is 0 Å². The molecule has 2 nitrogen and oxygen atoms in total. The number of benzene rings is 3. The third kappa shape index (κ3) is 4.57. The van der Waals surface area contributed by atoms with Crippen LogP contribution in [0.5, 0.6) is 0 Å². The van der Waals surface area contributed by atoms with E-state index in [1.54, 1.807) is 18.2 Å². The highest BCUT2D eigenvalue weighted by atomic mass is 19.4. The number of hydrogen-bond donors (Lipinski definition) is 2. The van der Waals surface area contributed by atoms with Crippen LogP contribution in [-0.2, 0) is 30.6 Å². The molecule has 0 radical (unpaired) electrons. The number of hydrogen-bond acceptors (Lipinski definition) is 2. The Bertz CT molecular complexity index is 1150. The first-order valence-corrected chi connectivity index (χ1v) is 10.3. The molecule has 33 heavy (non-hydrogen) atoms. The van der Waals surface area contributed by atoms with Gasteiger partial charge in [0, 0.05) is 17.6 Å². The number of nitrogens with one attached hydrogen (secondary N) is 1. The van der Waals surface area contributed by atoms with Gasteiger partial charge in [-0.25, -0.2) is 0 Å². The minimum atomic E-state index is -4.54. The normalized spacial score (nSPS) is 18.2. The van der Waals surface area contributed by atoms with Crippen molar-refractivity contribution < 1.29 is 31.4 Å². The SMILES string of the molecule is OCC1(Cc2ccccc2C(F)(F)F)CNc2ccc(Cc3ccccc3C(F)(F)F)cc21. The highest BCUT2D eigenvalue weighted by molar-refractivity contribution is 5.62. The lowest BCUT2D eigenvalue weighted by atomic mass is 9.76. The van der Waals surface area contributed by atoms with Crippen molar-refractivity contribution >= 4 is 5.69 Å². The minimum Gasteiger partial charge on any atom is -0.395 e. The molecule has 1 heterocycles. The minimum absolute atomic E-state index is 0.00358. The van der Waals surface area contributed by atoms with Crippen molar-refractivity contribution in [1.82, 2.24) is 0 Å². The number of halogens is 6. The van der Waals surface area contributed by atoms with Crippen LogP contribution in [0.4, 0.5) is 32.0 Å². The number of fused-ring (bicyclic) bond motifs is 1. The molecular weight excluding hydrogens is 444 g/mol. The van der Waals surface area contributed by atoms with Crippen molar-refractivity contribution in [3.05, 3.63) is 100 Å². The van der Waals surface area contributed by atoms with E-state index in [-0.39, 0.29) is 30.5 Å². The summed E-state index contributed by atoms with van der Waals surface area (Å²) < 4.78 is 80.7. The predicted octanol–water partition coefficient (Wildman–Crippen LogP) is 6.21. The Kier molecular flexibility index (Phi) is 5.90. The van der Waals surface area contributed by atoms with Gasteiger partial charge in [0.15, 0.2) is 0 Å². The van der Waals surface area contributed by atoms with Crippen LogP contribution in [0.15, 0.2) is 66.7 Å². The van der Waals surface area contributed by atoms with Gasteiger partial charge in [-0.3, -0.25) is 0 Å². The zero-order chi connectivity index (χ0) is 23.9. The molecule has 3 aromatic carbocycles. The van der Waals surface area contributed by atoms with Gasteiger partial charge in [-0.2, -0.15) is 26.3 Å². The molecule has 1 unspecified atom stereocenters. The molecule has 0 amide bonds. The molecule has 0 saturated heterocycles. The lowest BCUT2D eigenvalue weighted by Gasteiger charge is -2.29. The fourth-order valence-corrected chi connectivity index (χ4v) is 4.50. The topological polar surface area (TPSA) is 32.3 Å². The van der Waals surface area contributed by atoms with E-state index in [0.29, 0.717) is 16.8 Å². The van der Waals surface area contributed by atoms with Crippen molar-refractivity contribution in [3.8, 4) is 0 Å². The first-order chi connectivity index (χ1) is 15.5. The van der Waals surface area contributed by atoms with Gasteiger partial charge in [0.05, 0.1) is 17.7 Å². The lowest BCUT2D eigenvalue weighted by Crippen LogP contribution is -2.36. The van der Waals surface area contributed by atoms with Crippen LogP contribution in [-0.4, -0.2) is 18.3 Å². The molecule has 174 valence electrons. The molecule has 1 aliphatic rings. The second kappa shape index (κ2) is 8.41. The molecule has 0 aliphatic carbocycles. The van der Waals surface area contributed by atoms with E-state index in [9.17, 15) is 31.4 Å². The zero-order valence-electron chi connectivity index (χ0n) is 17.4. The Morgan fingerprint density at radius 2 is 1.36 bits per heavy atom. The molecule has 2 N–H and O–H groups in total. The molecule has 0 spiro atoms. The summed E-state index contributed by atoms with van der Waals surface area (Å²) in [6.45, 7) is -0.199. The van der Waals surface area contributed by atoms with Gasteiger partial charge in [-0.1, -0.05) is 48.5 Å². The Morgan fingerprint density at radius 1 is 0.788 bits per heavy atom. The van der Waals surface area contributed by atoms with Gasteiger partial charge in [-0.05, 0) is 53.3 Å². The van der Waals surface area contributed by atoms with Gasteiger partial charge in [0.2, 0.25) is 0 Å².